The number of aromatic nitrogens is 4. The first kappa shape index (κ1) is 25.4. The van der Waals surface area contributed by atoms with Crippen molar-refractivity contribution < 1.29 is 26.9 Å². The Hall–Kier alpha value is -1.58. The molecule has 22 heavy (non-hydrogen) atoms. The van der Waals surface area contributed by atoms with Gasteiger partial charge in [0, 0.05) is 14.1 Å². The van der Waals surface area contributed by atoms with Crippen molar-refractivity contribution in [1.82, 2.24) is 19.1 Å². The molecule has 2 aromatic rings. The van der Waals surface area contributed by atoms with Crippen molar-refractivity contribution in [2.75, 3.05) is 0 Å². The summed E-state index contributed by atoms with van der Waals surface area (Å²) in [5.41, 5.74) is 1.24. The maximum Gasteiger partial charge on any atom is 2.00 e. The van der Waals surface area contributed by atoms with E-state index in [0.717, 1.165) is 6.29 Å². The maximum absolute atomic E-state index is 10.0. The number of rotatable bonds is 2. The molecule has 2 aromatic heterocycles. The number of aryl methyl sites for hydroxylation is 2. The van der Waals surface area contributed by atoms with Crippen LogP contribution >= 0.6 is 0 Å². The monoisotopic (exact) mass is 374 g/mol. The Labute approximate surface area is 156 Å². The summed E-state index contributed by atoms with van der Waals surface area (Å²) >= 11 is 0. The zero-order valence-corrected chi connectivity index (χ0v) is 15.3. The van der Waals surface area contributed by atoms with Crippen LogP contribution in [0.3, 0.4) is 0 Å². The fraction of sp³-hybridized carbons (Fsp3) is 0.214. The largest absolute Gasteiger partial charge is 2.00 e. The molecule has 0 radical (unpaired) electrons. The van der Waals surface area contributed by atoms with Crippen molar-refractivity contribution in [3.8, 4) is 18.8 Å². The first-order chi connectivity index (χ1) is 9.60. The van der Waals surface area contributed by atoms with Crippen molar-refractivity contribution in [3.63, 3.8) is 0 Å². The quantitative estimate of drug-likeness (QED) is 0.265. The first-order valence-electron chi connectivity index (χ1n) is 5.41. The van der Waals surface area contributed by atoms with Crippen LogP contribution in [0.15, 0.2) is 25.0 Å². The molecule has 0 aliphatic heterocycles. The summed E-state index contributed by atoms with van der Waals surface area (Å²) in [7, 11) is 3.56. The number of hydrogen-bond acceptors (Lipinski definition) is 4. The molecule has 0 fully saturated rings. The van der Waals surface area contributed by atoms with E-state index in [4.69, 9.17) is 18.0 Å². The van der Waals surface area contributed by atoms with Crippen molar-refractivity contribution in [3.05, 3.63) is 42.9 Å². The number of imidazole rings is 2. The Bertz CT molecular complexity index is 601. The Morgan fingerprint density at radius 3 is 2.05 bits per heavy atom. The number of carbonyl (C=O) groups is 1. The molecule has 6 nitrogen and oxygen atoms in total. The Kier molecular flexibility index (Phi) is 16.6. The fourth-order valence-electron chi connectivity index (χ4n) is 1.20. The van der Waals surface area contributed by atoms with Gasteiger partial charge in [-0.05, 0) is 0 Å². The molecular weight excluding hydrogens is 360 g/mol. The molecule has 2 heterocycles. The second kappa shape index (κ2) is 14.4. The summed E-state index contributed by atoms with van der Waals surface area (Å²) in [6, 6.07) is 0. The molecule has 8 heteroatoms. The summed E-state index contributed by atoms with van der Waals surface area (Å²) in [4.78, 5) is 17.6. The maximum atomic E-state index is 10.0. The number of aliphatic hydroxyl groups is 1. The van der Waals surface area contributed by atoms with E-state index in [1.165, 1.54) is 6.20 Å². The molecule has 0 amide bonds. The second-order valence-corrected chi connectivity index (χ2v) is 3.55. The number of carbonyl (C=O) groups excluding carboxylic acids is 1. The minimum atomic E-state index is -0.840. The topological polar surface area (TPSA) is 72.9 Å². The van der Waals surface area contributed by atoms with E-state index in [0.29, 0.717) is 11.4 Å². The predicted octanol–water partition coefficient (Wildman–Crippen LogP) is -2.85. The molecule has 0 aromatic carbocycles. The van der Waals surface area contributed by atoms with Crippen LogP contribution in [0.1, 0.15) is 22.3 Å². The number of aldehydes is 1. The molecule has 112 valence electrons. The van der Waals surface area contributed by atoms with Gasteiger partial charge in [-0.15, -0.1) is 6.42 Å². The van der Waals surface area contributed by atoms with E-state index in [9.17, 15) is 4.79 Å². The summed E-state index contributed by atoms with van der Waals surface area (Å²) in [6.07, 6.45) is 20.2. The van der Waals surface area contributed by atoms with Gasteiger partial charge < -0.3 is 44.1 Å². The van der Waals surface area contributed by atoms with Crippen molar-refractivity contribution in [2.24, 2.45) is 14.1 Å². The Morgan fingerprint density at radius 2 is 1.77 bits per heavy atom. The smallest absolute Gasteiger partial charge is 1.00 e. The summed E-state index contributed by atoms with van der Waals surface area (Å²) in [5.74, 6) is 2.20. The van der Waals surface area contributed by atoms with Crippen LogP contribution in [0.25, 0.3) is 0 Å². The van der Waals surface area contributed by atoms with Gasteiger partial charge in [-0.3, -0.25) is 4.79 Å². The average molecular weight is 376 g/mol. The third-order valence-electron chi connectivity index (χ3n) is 2.27. The molecule has 1 atom stereocenters. The molecule has 0 aliphatic rings. The van der Waals surface area contributed by atoms with Gasteiger partial charge in [0.1, 0.15) is 5.69 Å². The molecule has 1 N–H and O–H groups in total. The van der Waals surface area contributed by atoms with E-state index in [2.05, 4.69) is 22.3 Å². The van der Waals surface area contributed by atoms with Crippen LogP contribution in [0.4, 0.5) is 0 Å². The third kappa shape index (κ3) is 8.01. The SMILES string of the molecule is C#CC(O)c1cncn1C.Cn1cncc1C=O.[Br-].[C-]#C.[Mg+2]. The van der Waals surface area contributed by atoms with Crippen LogP contribution in [-0.4, -0.2) is 53.5 Å². The molecule has 0 bridgehead atoms. The molecular formula is C14H15BrMgN4O2. The Morgan fingerprint density at radius 1 is 1.27 bits per heavy atom. The van der Waals surface area contributed by atoms with E-state index in [-0.39, 0.29) is 40.0 Å². The second-order valence-electron chi connectivity index (χ2n) is 3.55. The number of hydrogen-bond donors (Lipinski definition) is 1. The van der Waals surface area contributed by atoms with Gasteiger partial charge in [-0.25, -0.2) is 9.97 Å². The molecule has 2 rings (SSSR count). The van der Waals surface area contributed by atoms with E-state index < -0.39 is 6.10 Å². The summed E-state index contributed by atoms with van der Waals surface area (Å²) in [5, 5.41) is 9.10. The van der Waals surface area contributed by atoms with Gasteiger partial charge in [-0.2, -0.15) is 0 Å². The van der Waals surface area contributed by atoms with Gasteiger partial charge in [-0.1, -0.05) is 5.92 Å². The van der Waals surface area contributed by atoms with Crippen molar-refractivity contribution in [2.45, 2.75) is 6.10 Å². The Balaban J connectivity index is -0.000000276. The minimum Gasteiger partial charge on any atom is -1.00 e. The number of aliphatic hydroxyl groups excluding tert-OH is 1. The van der Waals surface area contributed by atoms with E-state index in [1.54, 1.807) is 42.1 Å². The molecule has 0 saturated carbocycles. The van der Waals surface area contributed by atoms with Crippen LogP contribution < -0.4 is 17.0 Å². The van der Waals surface area contributed by atoms with Gasteiger partial charge in [0.15, 0.2) is 12.4 Å². The van der Waals surface area contributed by atoms with Gasteiger partial charge in [0.25, 0.3) is 0 Å². The number of halogens is 1. The number of nitrogens with zero attached hydrogens (tertiary/aromatic N) is 4. The molecule has 0 aliphatic carbocycles. The summed E-state index contributed by atoms with van der Waals surface area (Å²) in [6.45, 7) is 0. The standard InChI is InChI=1S/C7H8N2O.C5H6N2O.C2H.BrH.Mg/c1-3-7(10)6-4-8-5-9(6)2;1-7-4-6-2-5(7)3-8;1-2;;/h1,4-5,7,10H,2H3;2-4H,1H3;1H;1H;/q;;-1;;+2/p-1. The van der Waals surface area contributed by atoms with E-state index >= 15 is 0 Å². The van der Waals surface area contributed by atoms with Crippen molar-refractivity contribution in [1.29, 1.82) is 0 Å². The first-order valence-corrected chi connectivity index (χ1v) is 5.41. The predicted molar refractivity (Wildman–Crippen MR) is 79.5 cm³/mol. The van der Waals surface area contributed by atoms with Crippen LogP contribution in [0.2, 0.25) is 0 Å². The molecule has 0 spiro atoms. The van der Waals surface area contributed by atoms with Crippen LogP contribution in [-0.2, 0) is 14.1 Å². The molecule has 1 unspecified atom stereocenters. The zero-order valence-electron chi connectivity index (χ0n) is 12.3. The fourth-order valence-corrected chi connectivity index (χ4v) is 1.20. The van der Waals surface area contributed by atoms with Gasteiger partial charge in [0.05, 0.1) is 30.7 Å². The van der Waals surface area contributed by atoms with Crippen LogP contribution in [0.5, 0.6) is 0 Å². The number of terminal acetylenes is 2. The van der Waals surface area contributed by atoms with Gasteiger partial charge in [0.2, 0.25) is 0 Å². The summed E-state index contributed by atoms with van der Waals surface area (Å²) < 4.78 is 3.34. The van der Waals surface area contributed by atoms with Crippen molar-refractivity contribution >= 4 is 29.3 Å². The average Bonchev–Trinajstić information content (AvgIpc) is 3.09. The zero-order chi connectivity index (χ0) is 15.5. The minimum absolute atomic E-state index is 0. The van der Waals surface area contributed by atoms with Crippen LogP contribution in [0, 0.1) is 25.2 Å². The van der Waals surface area contributed by atoms with E-state index in [1.807, 2.05) is 0 Å². The molecule has 0 saturated heterocycles. The van der Waals surface area contributed by atoms with Gasteiger partial charge >= 0.3 is 23.1 Å². The third-order valence-corrected chi connectivity index (χ3v) is 2.27. The normalized spacial score (nSPS) is 9.09.